The van der Waals surface area contributed by atoms with Crippen molar-refractivity contribution in [1.82, 2.24) is 0 Å². The molecule has 0 bridgehead atoms. The van der Waals surface area contributed by atoms with Gasteiger partial charge in [-0.15, -0.1) is 0 Å². The second-order valence-corrected chi connectivity index (χ2v) is 5.52. The molecule has 0 aliphatic heterocycles. The third-order valence-corrected chi connectivity index (χ3v) is 4.30. The fraction of sp³-hybridized carbons (Fsp3) is 0.529. The van der Waals surface area contributed by atoms with Crippen molar-refractivity contribution in [2.45, 2.75) is 46.1 Å². The lowest BCUT2D eigenvalue weighted by atomic mass is 9.79. The molecule has 0 aromatic heterocycles. The van der Waals surface area contributed by atoms with E-state index in [0.717, 1.165) is 5.56 Å². The number of nitrogens with one attached hydrogen (secondary N) is 1. The van der Waals surface area contributed by atoms with Crippen LogP contribution in [0.5, 0.6) is 0 Å². The first-order valence-corrected chi connectivity index (χ1v) is 7.54. The van der Waals surface area contributed by atoms with Gasteiger partial charge < -0.3 is 15.2 Å². The van der Waals surface area contributed by atoms with Gasteiger partial charge in [0.05, 0.1) is 11.5 Å². The minimum atomic E-state index is -0.998. The highest BCUT2D eigenvalue weighted by molar-refractivity contribution is 5.94. The molecule has 5 nitrogen and oxygen atoms in total. The Balaban J connectivity index is 2.82. The van der Waals surface area contributed by atoms with Crippen LogP contribution in [0.2, 0.25) is 0 Å². The number of carbonyl (C=O) groups excluding carboxylic acids is 1. The number of hydrogen-bond acceptors (Lipinski definition) is 3. The minimum absolute atomic E-state index is 0.0284. The van der Waals surface area contributed by atoms with Gasteiger partial charge in [-0.3, -0.25) is 9.59 Å². The van der Waals surface area contributed by atoms with Crippen molar-refractivity contribution >= 4 is 17.6 Å². The zero-order valence-corrected chi connectivity index (χ0v) is 13.7. The lowest BCUT2D eigenvalue weighted by molar-refractivity contribution is -0.151. The minimum Gasteiger partial charge on any atom is -0.481 e. The van der Waals surface area contributed by atoms with Gasteiger partial charge in [0.1, 0.15) is 0 Å². The van der Waals surface area contributed by atoms with Gasteiger partial charge in [-0.2, -0.15) is 0 Å². The van der Waals surface area contributed by atoms with Gasteiger partial charge in [0, 0.05) is 19.2 Å². The van der Waals surface area contributed by atoms with Crippen LogP contribution < -0.4 is 5.32 Å². The van der Waals surface area contributed by atoms with E-state index in [-0.39, 0.29) is 18.4 Å². The highest BCUT2D eigenvalue weighted by Gasteiger charge is 2.37. The number of benzene rings is 1. The molecule has 0 saturated carbocycles. The van der Waals surface area contributed by atoms with Gasteiger partial charge in [-0.25, -0.2) is 0 Å². The predicted molar refractivity (Wildman–Crippen MR) is 85.8 cm³/mol. The van der Waals surface area contributed by atoms with Crippen LogP contribution in [0.1, 0.15) is 51.7 Å². The van der Waals surface area contributed by atoms with E-state index >= 15 is 0 Å². The van der Waals surface area contributed by atoms with Crippen molar-refractivity contribution in [3.8, 4) is 0 Å². The summed E-state index contributed by atoms with van der Waals surface area (Å²) in [6.07, 6.45) is 0.751. The summed E-state index contributed by atoms with van der Waals surface area (Å²) in [7, 11) is 1.62. The molecule has 22 heavy (non-hydrogen) atoms. The van der Waals surface area contributed by atoms with Crippen LogP contribution in [-0.4, -0.2) is 24.1 Å². The molecule has 1 unspecified atom stereocenters. The second-order valence-electron chi connectivity index (χ2n) is 5.52. The largest absolute Gasteiger partial charge is 0.481 e. The third-order valence-electron chi connectivity index (χ3n) is 4.30. The Bertz CT molecular complexity index is 523. The molecule has 0 heterocycles. The number of amides is 1. The van der Waals surface area contributed by atoms with Crippen molar-refractivity contribution in [3.05, 3.63) is 29.8 Å². The van der Waals surface area contributed by atoms with Crippen molar-refractivity contribution in [2.75, 3.05) is 12.4 Å². The van der Waals surface area contributed by atoms with E-state index in [1.54, 1.807) is 27.0 Å². The maximum Gasteiger partial charge on any atom is 0.310 e. The third kappa shape index (κ3) is 4.31. The molecule has 0 fully saturated rings. The number of hydrogen-bond donors (Lipinski definition) is 2. The summed E-state index contributed by atoms with van der Waals surface area (Å²) in [5.41, 5.74) is 0.607. The van der Waals surface area contributed by atoms with E-state index in [9.17, 15) is 14.7 Å². The van der Waals surface area contributed by atoms with Gasteiger partial charge in [0.15, 0.2) is 0 Å². The lowest BCUT2D eigenvalue weighted by Crippen LogP contribution is -2.34. The molecule has 5 heteroatoms. The Morgan fingerprint density at radius 3 is 2.45 bits per heavy atom. The van der Waals surface area contributed by atoms with E-state index in [2.05, 4.69) is 5.32 Å². The number of carboxylic acids is 1. The molecule has 122 valence electrons. The van der Waals surface area contributed by atoms with Gasteiger partial charge in [-0.1, -0.05) is 26.0 Å². The zero-order chi connectivity index (χ0) is 16.8. The number of methoxy groups -OCH3 is 1. The van der Waals surface area contributed by atoms with Crippen molar-refractivity contribution in [3.63, 3.8) is 0 Å². The highest BCUT2D eigenvalue weighted by atomic mass is 16.5. The van der Waals surface area contributed by atoms with Crippen LogP contribution in [0.15, 0.2) is 24.3 Å². The Morgan fingerprint density at radius 2 is 1.95 bits per heavy atom. The van der Waals surface area contributed by atoms with Crippen molar-refractivity contribution < 1.29 is 19.4 Å². The zero-order valence-electron chi connectivity index (χ0n) is 13.7. The van der Waals surface area contributed by atoms with E-state index in [1.807, 2.05) is 25.1 Å². The molecule has 0 spiro atoms. The Kier molecular flexibility index (Phi) is 6.56. The van der Waals surface area contributed by atoms with Crippen LogP contribution in [0.25, 0.3) is 0 Å². The van der Waals surface area contributed by atoms with E-state index in [1.165, 1.54) is 0 Å². The normalized spacial score (nSPS) is 12.7. The van der Waals surface area contributed by atoms with Crippen LogP contribution in [0.3, 0.4) is 0 Å². The molecule has 2 N–H and O–H groups in total. The summed E-state index contributed by atoms with van der Waals surface area (Å²) in [4.78, 5) is 23.7. The van der Waals surface area contributed by atoms with Crippen LogP contribution >= 0.6 is 0 Å². The first-order chi connectivity index (χ1) is 10.4. The van der Waals surface area contributed by atoms with Gasteiger partial charge in [-0.05, 0) is 37.5 Å². The molecule has 0 saturated heterocycles. The average Bonchev–Trinajstić information content (AvgIpc) is 2.51. The number of aliphatic carboxylic acids is 1. The fourth-order valence-electron chi connectivity index (χ4n) is 2.40. The number of carboxylic acid groups (broad SMARTS) is 1. The molecule has 1 rings (SSSR count). The molecule has 0 aliphatic carbocycles. The summed E-state index contributed by atoms with van der Waals surface area (Å²) in [5, 5.41) is 12.2. The van der Waals surface area contributed by atoms with Gasteiger partial charge >= 0.3 is 5.97 Å². The Labute approximate surface area is 131 Å². The predicted octanol–water partition coefficient (Wildman–Crippen LogP) is 3.61. The molecular weight excluding hydrogens is 282 g/mol. The Morgan fingerprint density at radius 1 is 1.32 bits per heavy atom. The fourth-order valence-corrected chi connectivity index (χ4v) is 2.40. The topological polar surface area (TPSA) is 75.6 Å². The number of rotatable bonds is 8. The maximum atomic E-state index is 12.2. The van der Waals surface area contributed by atoms with E-state index < -0.39 is 11.4 Å². The van der Waals surface area contributed by atoms with E-state index in [4.69, 9.17) is 4.74 Å². The van der Waals surface area contributed by atoms with Crippen molar-refractivity contribution in [2.24, 2.45) is 5.41 Å². The summed E-state index contributed by atoms with van der Waals surface area (Å²) in [6, 6.07) is 7.38. The molecule has 1 aromatic rings. The second kappa shape index (κ2) is 7.94. The summed E-state index contributed by atoms with van der Waals surface area (Å²) < 4.78 is 5.25. The first-order valence-electron chi connectivity index (χ1n) is 7.54. The van der Waals surface area contributed by atoms with Gasteiger partial charge in [0.2, 0.25) is 5.91 Å². The van der Waals surface area contributed by atoms with Gasteiger partial charge in [0.25, 0.3) is 0 Å². The standard InChI is InChI=1S/C17H25NO4/c1-5-17(6-2,16(20)21)11-15(19)18-14-9-7-8-13(10-14)12(3)22-4/h7-10,12H,5-6,11H2,1-4H3,(H,18,19)(H,20,21). The van der Waals surface area contributed by atoms with Crippen LogP contribution in [0.4, 0.5) is 5.69 Å². The number of ether oxygens (including phenoxy) is 1. The average molecular weight is 307 g/mol. The smallest absolute Gasteiger partial charge is 0.310 e. The molecule has 1 amide bonds. The monoisotopic (exact) mass is 307 g/mol. The molecular formula is C17H25NO4. The molecule has 0 radical (unpaired) electrons. The first kappa shape index (κ1) is 18.2. The lowest BCUT2D eigenvalue weighted by Gasteiger charge is -2.25. The highest BCUT2D eigenvalue weighted by Crippen LogP contribution is 2.31. The summed E-state index contributed by atoms with van der Waals surface area (Å²) >= 11 is 0. The van der Waals surface area contributed by atoms with Crippen molar-refractivity contribution in [1.29, 1.82) is 0 Å². The summed E-state index contributed by atoms with van der Waals surface area (Å²) in [5.74, 6) is -1.21. The quantitative estimate of drug-likeness (QED) is 0.769. The number of carbonyl (C=O) groups is 2. The SMILES string of the molecule is CCC(CC)(CC(=O)Nc1cccc(C(C)OC)c1)C(=O)O. The van der Waals surface area contributed by atoms with E-state index in [0.29, 0.717) is 18.5 Å². The maximum absolute atomic E-state index is 12.2. The molecule has 0 aliphatic rings. The van der Waals surface area contributed by atoms with Crippen LogP contribution in [0, 0.1) is 5.41 Å². The molecule has 1 atom stereocenters. The summed E-state index contributed by atoms with van der Waals surface area (Å²) in [6.45, 7) is 5.52. The molecule has 1 aromatic carbocycles. The Hall–Kier alpha value is -1.88. The number of anilines is 1. The van der Waals surface area contributed by atoms with Crippen LogP contribution in [-0.2, 0) is 14.3 Å².